The second-order valence-electron chi connectivity index (χ2n) is 5.76. The summed E-state index contributed by atoms with van der Waals surface area (Å²) in [7, 11) is 0. The largest absolute Gasteiger partial charge is 0.457 e. The van der Waals surface area contributed by atoms with E-state index in [1.54, 1.807) is 42.6 Å². The summed E-state index contributed by atoms with van der Waals surface area (Å²) >= 11 is 0. The van der Waals surface area contributed by atoms with Gasteiger partial charge in [0, 0.05) is 11.9 Å². The fourth-order valence-electron chi connectivity index (χ4n) is 2.34. The normalized spacial score (nSPS) is 10.1. The maximum absolute atomic E-state index is 12.0. The highest BCUT2D eigenvalue weighted by Gasteiger charge is 2.10. The van der Waals surface area contributed by atoms with Gasteiger partial charge in [-0.3, -0.25) is 14.6 Å². The molecule has 0 aliphatic heterocycles. The lowest BCUT2D eigenvalue weighted by atomic mass is 10.2. The van der Waals surface area contributed by atoms with Crippen molar-refractivity contribution in [1.29, 1.82) is 0 Å². The van der Waals surface area contributed by atoms with Gasteiger partial charge in [0.1, 0.15) is 17.9 Å². The number of rotatable bonds is 7. The monoisotopic (exact) mass is 361 g/mol. The number of nitrogens with one attached hydrogen (secondary N) is 2. The van der Waals surface area contributed by atoms with Crippen LogP contribution >= 0.6 is 0 Å². The lowest BCUT2D eigenvalue weighted by Gasteiger charge is -2.08. The Bertz CT molecular complexity index is 882. The van der Waals surface area contributed by atoms with Crippen LogP contribution in [-0.4, -0.2) is 16.8 Å². The van der Waals surface area contributed by atoms with Crippen LogP contribution < -0.4 is 15.4 Å². The topological polar surface area (TPSA) is 80.3 Å². The first-order valence-corrected chi connectivity index (χ1v) is 8.48. The Balaban J connectivity index is 1.45. The van der Waals surface area contributed by atoms with Gasteiger partial charge in [0.2, 0.25) is 11.8 Å². The van der Waals surface area contributed by atoms with Gasteiger partial charge in [-0.1, -0.05) is 24.3 Å². The van der Waals surface area contributed by atoms with Crippen molar-refractivity contribution in [1.82, 2.24) is 10.3 Å². The summed E-state index contributed by atoms with van der Waals surface area (Å²) in [6.07, 6.45) is 1.40. The van der Waals surface area contributed by atoms with Crippen LogP contribution in [0, 0.1) is 0 Å². The van der Waals surface area contributed by atoms with Crippen molar-refractivity contribution >= 4 is 17.5 Å². The third kappa shape index (κ3) is 5.97. The lowest BCUT2D eigenvalue weighted by Crippen LogP contribution is -2.28. The molecule has 0 bridgehead atoms. The summed E-state index contributed by atoms with van der Waals surface area (Å²) in [4.78, 5) is 28.0. The molecule has 0 saturated heterocycles. The molecule has 1 heterocycles. The summed E-state index contributed by atoms with van der Waals surface area (Å²) < 4.78 is 5.69. The molecule has 0 atom stereocenters. The van der Waals surface area contributed by atoms with E-state index in [0.29, 0.717) is 18.0 Å². The molecular weight excluding hydrogens is 342 g/mol. The predicted octanol–water partition coefficient (Wildman–Crippen LogP) is 3.52. The van der Waals surface area contributed by atoms with Crippen LogP contribution in [-0.2, 0) is 16.1 Å². The summed E-state index contributed by atoms with van der Waals surface area (Å²) in [5.41, 5.74) is 1.33. The van der Waals surface area contributed by atoms with Crippen LogP contribution in [0.15, 0.2) is 79.0 Å². The van der Waals surface area contributed by atoms with Crippen LogP contribution in [0.1, 0.15) is 12.1 Å². The average Bonchev–Trinajstić information content (AvgIpc) is 2.69. The van der Waals surface area contributed by atoms with E-state index in [4.69, 9.17) is 4.74 Å². The van der Waals surface area contributed by atoms with Crippen molar-refractivity contribution in [3.8, 4) is 11.5 Å². The number of amides is 2. The van der Waals surface area contributed by atoms with Gasteiger partial charge in [-0.15, -0.1) is 0 Å². The maximum atomic E-state index is 12.0. The smallest absolute Gasteiger partial charge is 0.233 e. The van der Waals surface area contributed by atoms with E-state index >= 15 is 0 Å². The predicted molar refractivity (Wildman–Crippen MR) is 102 cm³/mol. The Kier molecular flexibility index (Phi) is 6.14. The van der Waals surface area contributed by atoms with Gasteiger partial charge in [-0.25, -0.2) is 0 Å². The third-order valence-corrected chi connectivity index (χ3v) is 3.63. The van der Waals surface area contributed by atoms with E-state index in [1.807, 2.05) is 36.4 Å². The highest BCUT2D eigenvalue weighted by Crippen LogP contribution is 2.22. The van der Waals surface area contributed by atoms with E-state index in [1.165, 1.54) is 0 Å². The number of carbonyl (C=O) groups excluding carboxylic acids is 2. The summed E-state index contributed by atoms with van der Waals surface area (Å²) in [5.74, 6) is 0.651. The summed E-state index contributed by atoms with van der Waals surface area (Å²) in [6.45, 7) is 0.290. The molecule has 6 nitrogen and oxygen atoms in total. The highest BCUT2D eigenvalue weighted by atomic mass is 16.5. The van der Waals surface area contributed by atoms with Crippen LogP contribution in [0.2, 0.25) is 0 Å². The number of carbonyl (C=O) groups is 2. The summed E-state index contributed by atoms with van der Waals surface area (Å²) in [5, 5.41) is 5.36. The van der Waals surface area contributed by atoms with Crippen LogP contribution in [0.3, 0.4) is 0 Å². The first-order chi connectivity index (χ1) is 13.2. The van der Waals surface area contributed by atoms with Crippen molar-refractivity contribution in [3.05, 3.63) is 84.7 Å². The number of nitrogens with zero attached hydrogens (tertiary/aromatic N) is 1. The molecule has 0 aliphatic rings. The van der Waals surface area contributed by atoms with Gasteiger partial charge in [-0.05, 0) is 48.5 Å². The number of benzene rings is 2. The molecule has 6 heteroatoms. The summed E-state index contributed by atoms with van der Waals surface area (Å²) in [6, 6.07) is 21.8. The Morgan fingerprint density at radius 3 is 2.22 bits per heavy atom. The van der Waals surface area contributed by atoms with Gasteiger partial charge >= 0.3 is 0 Å². The molecule has 0 unspecified atom stereocenters. The zero-order valence-electron chi connectivity index (χ0n) is 14.6. The number of anilines is 1. The quantitative estimate of drug-likeness (QED) is 0.631. The van der Waals surface area contributed by atoms with Gasteiger partial charge < -0.3 is 15.4 Å². The van der Waals surface area contributed by atoms with Gasteiger partial charge in [0.15, 0.2) is 0 Å². The molecule has 136 valence electrons. The molecule has 0 radical (unpaired) electrons. The Morgan fingerprint density at radius 1 is 0.815 bits per heavy atom. The molecule has 27 heavy (non-hydrogen) atoms. The molecule has 3 rings (SSSR count). The van der Waals surface area contributed by atoms with Crippen molar-refractivity contribution in [2.45, 2.75) is 13.0 Å². The van der Waals surface area contributed by atoms with Crippen LogP contribution in [0.4, 0.5) is 5.69 Å². The Morgan fingerprint density at radius 2 is 1.52 bits per heavy atom. The van der Waals surface area contributed by atoms with E-state index in [-0.39, 0.29) is 18.2 Å². The maximum Gasteiger partial charge on any atom is 0.233 e. The third-order valence-electron chi connectivity index (χ3n) is 3.63. The Hall–Kier alpha value is -3.67. The molecule has 3 aromatic rings. The fraction of sp³-hybridized carbons (Fsp3) is 0.0952. The molecule has 0 fully saturated rings. The molecule has 0 spiro atoms. The first kappa shape index (κ1) is 18.1. The van der Waals surface area contributed by atoms with Gasteiger partial charge in [0.25, 0.3) is 0 Å². The molecule has 2 aromatic carbocycles. The average molecular weight is 361 g/mol. The molecular formula is C21H19N3O3. The number of pyridine rings is 1. The minimum Gasteiger partial charge on any atom is -0.457 e. The second kappa shape index (κ2) is 9.15. The Labute approximate surface area is 157 Å². The zero-order valence-corrected chi connectivity index (χ0v) is 14.6. The first-order valence-electron chi connectivity index (χ1n) is 8.48. The highest BCUT2D eigenvalue weighted by molar-refractivity contribution is 6.03. The van der Waals surface area contributed by atoms with E-state index in [9.17, 15) is 9.59 Å². The minimum atomic E-state index is -0.384. The second-order valence-corrected chi connectivity index (χ2v) is 5.76. The number of para-hydroxylation sites is 1. The standard InChI is InChI=1S/C21H19N3O3/c25-20(23-15-17-6-4-5-13-22-17)14-21(26)24-16-9-11-19(12-10-16)27-18-7-2-1-3-8-18/h1-13H,14-15H2,(H,23,25)(H,24,26). The van der Waals surface area contributed by atoms with Gasteiger partial charge in [0.05, 0.1) is 12.2 Å². The van der Waals surface area contributed by atoms with E-state index < -0.39 is 0 Å². The van der Waals surface area contributed by atoms with Gasteiger partial charge in [-0.2, -0.15) is 0 Å². The fourth-order valence-corrected chi connectivity index (χ4v) is 2.34. The number of hydrogen-bond acceptors (Lipinski definition) is 4. The molecule has 0 saturated carbocycles. The van der Waals surface area contributed by atoms with Crippen molar-refractivity contribution in [2.75, 3.05) is 5.32 Å². The van der Waals surface area contributed by atoms with Crippen molar-refractivity contribution in [3.63, 3.8) is 0 Å². The SMILES string of the molecule is O=C(CC(=O)Nc1ccc(Oc2ccccc2)cc1)NCc1ccccn1. The van der Waals surface area contributed by atoms with Crippen molar-refractivity contribution < 1.29 is 14.3 Å². The zero-order chi connectivity index (χ0) is 18.9. The molecule has 2 N–H and O–H groups in total. The lowest BCUT2D eigenvalue weighted by molar-refractivity contribution is -0.126. The molecule has 2 amide bonds. The van der Waals surface area contributed by atoms with Crippen LogP contribution in [0.5, 0.6) is 11.5 Å². The van der Waals surface area contributed by atoms with Crippen molar-refractivity contribution in [2.24, 2.45) is 0 Å². The van der Waals surface area contributed by atoms with Crippen LogP contribution in [0.25, 0.3) is 0 Å². The van der Waals surface area contributed by atoms with E-state index in [0.717, 1.165) is 11.4 Å². The number of ether oxygens (including phenoxy) is 1. The minimum absolute atomic E-state index is 0.255. The van der Waals surface area contributed by atoms with E-state index in [2.05, 4.69) is 15.6 Å². The molecule has 0 aliphatic carbocycles. The molecule has 1 aromatic heterocycles. The number of aromatic nitrogens is 1. The number of hydrogen-bond donors (Lipinski definition) is 2.